The molecule has 2 heterocycles. The second-order valence-corrected chi connectivity index (χ2v) is 11.6. The number of nitrogens with zero attached hydrogens (tertiary/aromatic N) is 3. The number of para-hydroxylation sites is 3. The topological polar surface area (TPSA) is 56.4 Å². The molecular weight excluding hydrogens is 684 g/mol. The molecule has 235 valence electrons. The molecule has 8 rings (SSSR count). The third-order valence-corrected chi connectivity index (χ3v) is 8.28. The van der Waals surface area contributed by atoms with Crippen molar-refractivity contribution in [1.82, 2.24) is 9.13 Å². The number of carbonyl (C=O) groups is 2. The minimum atomic E-state index is -1.00. The molecule has 0 saturated heterocycles. The Bertz CT molecular complexity index is 2320. The van der Waals surface area contributed by atoms with E-state index in [2.05, 4.69) is 135 Å². The van der Waals surface area contributed by atoms with E-state index in [4.69, 9.17) is 1.37 Å². The number of thiol groups is 1. The summed E-state index contributed by atoms with van der Waals surface area (Å²) in [6.07, 6.45) is 1.74. The van der Waals surface area contributed by atoms with Gasteiger partial charge in [-0.1, -0.05) is 70.5 Å². The monoisotopic (exact) mass is 713 g/mol. The molecule has 0 bridgehead atoms. The summed E-state index contributed by atoms with van der Waals surface area (Å²) in [6.45, 7) is 0. The molecular formula is C39H29BBrFN3O2S. The average Bonchev–Trinajstić information content (AvgIpc) is 3.65. The van der Waals surface area contributed by atoms with Gasteiger partial charge in [-0.2, -0.15) is 0 Å². The molecule has 48 heavy (non-hydrogen) atoms. The molecule has 6 aromatic carbocycles. The Kier molecular flexibility index (Phi) is 11.0. The fourth-order valence-electron chi connectivity index (χ4n) is 5.83. The van der Waals surface area contributed by atoms with Gasteiger partial charge in [0, 0.05) is 48.5 Å². The van der Waals surface area contributed by atoms with Crippen LogP contribution in [0.1, 0.15) is 22.1 Å². The Morgan fingerprint density at radius 1 is 0.625 bits per heavy atom. The molecule has 0 spiro atoms. The van der Waals surface area contributed by atoms with Crippen LogP contribution in [0, 0.1) is 0 Å². The van der Waals surface area contributed by atoms with Crippen molar-refractivity contribution in [2.75, 3.05) is 7.15 Å². The van der Waals surface area contributed by atoms with Gasteiger partial charge in [-0.25, -0.2) is 0 Å². The zero-order chi connectivity index (χ0) is 34.8. The molecule has 0 N–H and O–H groups in total. The van der Waals surface area contributed by atoms with E-state index < -0.39 is 7.15 Å². The van der Waals surface area contributed by atoms with Gasteiger partial charge in [0.05, 0.1) is 30.6 Å². The summed E-state index contributed by atoms with van der Waals surface area (Å²) in [5.74, 6) is 0. The van der Waals surface area contributed by atoms with Crippen LogP contribution in [0.3, 0.4) is 0 Å². The maximum atomic E-state index is 10.9. The number of hydrogen-bond acceptors (Lipinski definition) is 4. The Hall–Kier alpha value is -5.12. The molecule has 0 aliphatic rings. The Labute approximate surface area is 293 Å². The predicted octanol–water partition coefficient (Wildman–Crippen LogP) is 10.7. The van der Waals surface area contributed by atoms with Crippen LogP contribution in [0.5, 0.6) is 0 Å². The molecule has 0 saturated carbocycles. The van der Waals surface area contributed by atoms with E-state index in [0.29, 0.717) is 11.1 Å². The van der Waals surface area contributed by atoms with Gasteiger partial charge in [0.25, 0.3) is 0 Å². The normalized spacial score (nSPS) is 10.6. The van der Waals surface area contributed by atoms with Crippen molar-refractivity contribution in [3.05, 3.63) is 155 Å². The predicted molar refractivity (Wildman–Crippen MR) is 204 cm³/mol. The summed E-state index contributed by atoms with van der Waals surface area (Å²) in [5.41, 5.74) is 8.18. The first kappa shape index (κ1) is 32.8. The van der Waals surface area contributed by atoms with Crippen LogP contribution < -0.4 is 0 Å². The van der Waals surface area contributed by atoms with Crippen molar-refractivity contribution >= 4 is 92.6 Å². The molecule has 0 amide bonds. The van der Waals surface area contributed by atoms with Crippen molar-refractivity contribution in [3.63, 3.8) is 0 Å². The fourth-order valence-corrected chi connectivity index (χ4v) is 6.19. The quantitative estimate of drug-likeness (QED) is 0.112. The van der Waals surface area contributed by atoms with E-state index in [0.717, 1.165) is 39.5 Å². The van der Waals surface area contributed by atoms with Gasteiger partial charge < -0.3 is 9.13 Å². The van der Waals surface area contributed by atoms with Gasteiger partial charge in [-0.3, -0.25) is 14.0 Å². The molecule has 1 radical (unpaired) electrons. The molecule has 0 atom stereocenters. The molecule has 5 nitrogen and oxygen atoms in total. The van der Waals surface area contributed by atoms with Crippen LogP contribution in [0.2, 0.25) is 0 Å². The van der Waals surface area contributed by atoms with E-state index in [9.17, 15) is 14.0 Å². The Morgan fingerprint density at radius 2 is 0.958 bits per heavy atom. The Morgan fingerprint density at radius 3 is 1.33 bits per heavy atom. The molecule has 8 aromatic rings. The third kappa shape index (κ3) is 6.93. The molecule has 0 aliphatic heterocycles. The number of aldehydes is 2. The van der Waals surface area contributed by atoms with Gasteiger partial charge in [0.15, 0.2) is 0 Å². The molecule has 2 aromatic heterocycles. The fraction of sp³-hybridized carbons (Fsp3) is 0.0256. The summed E-state index contributed by atoms with van der Waals surface area (Å²) in [4.78, 5) is 21.7. The standard InChI is InChI=1S/C19H12BrNO.C19H13NO.CH3F.BHNS/c20-14-7-10-19-17(11-14)16-3-1-2-4-18(16)21(19)15-8-5-13(12-22)6-9-15;21-13-14-9-11-15(12-10-14)20-18-7-3-1-5-16(18)17-6-2-4-8-19(17)20;1-2;1-2-3/h1-12H;1-13H;1H3;3H/i;;1D;. The van der Waals surface area contributed by atoms with E-state index in [1.165, 1.54) is 32.6 Å². The van der Waals surface area contributed by atoms with Crippen molar-refractivity contribution in [2.45, 2.75) is 0 Å². The number of carbonyl (C=O) groups excluding carboxylic acids is 2. The van der Waals surface area contributed by atoms with Crippen molar-refractivity contribution in [2.24, 2.45) is 4.30 Å². The number of fused-ring (bicyclic) bond motifs is 6. The molecule has 0 aliphatic carbocycles. The first-order valence-electron chi connectivity index (χ1n) is 15.4. The average molecular weight is 714 g/mol. The van der Waals surface area contributed by atoms with Crippen LogP contribution in [0.15, 0.2) is 148 Å². The van der Waals surface area contributed by atoms with Gasteiger partial charge in [-0.05, 0) is 84.9 Å². The molecule has 9 heteroatoms. The van der Waals surface area contributed by atoms with Crippen LogP contribution in [0.4, 0.5) is 4.39 Å². The number of rotatable bonds is 4. The number of halogens is 2. The zero-order valence-electron chi connectivity index (χ0n) is 26.6. The first-order valence-corrected chi connectivity index (χ1v) is 15.9. The van der Waals surface area contributed by atoms with Gasteiger partial charge >= 0.3 is 24.8 Å². The van der Waals surface area contributed by atoms with Gasteiger partial charge in [0.2, 0.25) is 0 Å². The van der Waals surface area contributed by atoms with E-state index in [-0.39, 0.29) is 0 Å². The van der Waals surface area contributed by atoms with E-state index in [1.54, 1.807) is 0 Å². The second kappa shape index (κ2) is 16.1. The maximum absolute atomic E-state index is 10.9. The summed E-state index contributed by atoms with van der Waals surface area (Å²) < 4.78 is 23.7. The number of aromatic nitrogens is 2. The van der Waals surface area contributed by atoms with E-state index >= 15 is 0 Å². The SMILES string of the molecule is O=Cc1ccc(-n2c3ccccc3c3cc(Br)ccc32)cc1.O=Cc1ccc(-n2c3ccccc3c3ccccc32)cc1.[2H]CF.[B]=NS. The number of alkyl halides is 1. The summed E-state index contributed by atoms with van der Waals surface area (Å²) >= 11 is 6.75. The van der Waals surface area contributed by atoms with E-state index in [1.807, 2.05) is 54.6 Å². The van der Waals surface area contributed by atoms with Gasteiger partial charge in [0.1, 0.15) is 12.6 Å². The number of benzene rings is 6. The Balaban J connectivity index is 0.000000165. The summed E-state index contributed by atoms with van der Waals surface area (Å²) in [5, 5.41) is 4.92. The molecule has 0 unspecified atom stereocenters. The van der Waals surface area contributed by atoms with Crippen molar-refractivity contribution < 1.29 is 15.4 Å². The van der Waals surface area contributed by atoms with Crippen LogP contribution in [0.25, 0.3) is 55.0 Å². The van der Waals surface area contributed by atoms with Crippen molar-refractivity contribution in [1.29, 1.82) is 0 Å². The van der Waals surface area contributed by atoms with Crippen LogP contribution >= 0.6 is 28.7 Å². The van der Waals surface area contributed by atoms with Crippen LogP contribution in [-0.4, -0.2) is 36.5 Å². The third-order valence-electron chi connectivity index (χ3n) is 7.79. The summed E-state index contributed by atoms with van der Waals surface area (Å²) in [6, 6.07) is 46.8. The zero-order valence-corrected chi connectivity index (χ0v) is 28.1. The second-order valence-electron chi connectivity index (χ2n) is 10.4. The number of hydrogen-bond donors (Lipinski definition) is 1. The van der Waals surface area contributed by atoms with Crippen molar-refractivity contribution in [3.8, 4) is 11.4 Å². The van der Waals surface area contributed by atoms with Gasteiger partial charge in [-0.15, -0.1) is 0 Å². The first-order chi connectivity index (χ1) is 24.0. The molecule has 0 fully saturated rings. The van der Waals surface area contributed by atoms with Crippen LogP contribution in [-0.2, 0) is 0 Å². The minimum absolute atomic E-state index is 0.687. The summed E-state index contributed by atoms with van der Waals surface area (Å²) in [7, 11) is 3.34.